The van der Waals surface area contributed by atoms with Crippen molar-refractivity contribution in [2.45, 2.75) is 51.6 Å². The summed E-state index contributed by atoms with van der Waals surface area (Å²) in [6.45, 7) is 5.10. The van der Waals surface area contributed by atoms with Gasteiger partial charge in [-0.1, -0.05) is 0 Å². The maximum Gasteiger partial charge on any atom is 0.308 e. The summed E-state index contributed by atoms with van der Waals surface area (Å²) < 4.78 is 5.04. The van der Waals surface area contributed by atoms with E-state index in [9.17, 15) is 4.79 Å². The van der Waals surface area contributed by atoms with Gasteiger partial charge in [0.2, 0.25) is 0 Å². The molecule has 0 saturated heterocycles. The van der Waals surface area contributed by atoms with E-state index in [0.717, 1.165) is 25.7 Å². The molecule has 0 aliphatic heterocycles. The second kappa shape index (κ2) is 6.86. The van der Waals surface area contributed by atoms with Gasteiger partial charge < -0.3 is 15.8 Å². The van der Waals surface area contributed by atoms with Gasteiger partial charge in [-0.3, -0.25) is 4.79 Å². The molecule has 1 aliphatic carbocycles. The molecule has 3 N–H and O–H groups in total. The molecule has 1 unspecified atom stereocenters. The third-order valence-electron chi connectivity index (χ3n) is 3.22. The second-order valence-electron chi connectivity index (χ2n) is 4.60. The van der Waals surface area contributed by atoms with E-state index < -0.39 is 0 Å². The Bertz CT molecular complexity index is 213. The highest BCUT2D eigenvalue weighted by atomic mass is 16.5. The van der Waals surface area contributed by atoms with Crippen molar-refractivity contribution in [2.24, 2.45) is 11.7 Å². The van der Waals surface area contributed by atoms with Crippen molar-refractivity contribution in [3.05, 3.63) is 0 Å². The maximum atomic E-state index is 11.5. The van der Waals surface area contributed by atoms with Gasteiger partial charge in [-0.25, -0.2) is 0 Å². The molecule has 1 aliphatic rings. The van der Waals surface area contributed by atoms with E-state index in [1.807, 2.05) is 6.92 Å². The van der Waals surface area contributed by atoms with Gasteiger partial charge in [0.05, 0.1) is 12.5 Å². The lowest BCUT2D eigenvalue weighted by atomic mass is 9.86. The molecule has 1 saturated carbocycles. The molecule has 0 aromatic carbocycles. The second-order valence-corrected chi connectivity index (χ2v) is 4.60. The molecule has 0 heterocycles. The van der Waals surface area contributed by atoms with Crippen molar-refractivity contribution < 1.29 is 9.53 Å². The lowest BCUT2D eigenvalue weighted by Gasteiger charge is -2.29. The minimum Gasteiger partial charge on any atom is -0.466 e. The molecular formula is C12H24N2O2. The molecule has 1 rings (SSSR count). The number of nitrogens with two attached hydrogens (primary N) is 1. The van der Waals surface area contributed by atoms with E-state index in [1.54, 1.807) is 0 Å². The van der Waals surface area contributed by atoms with Crippen LogP contribution in [0.3, 0.4) is 0 Å². The van der Waals surface area contributed by atoms with Gasteiger partial charge in [-0.2, -0.15) is 0 Å². The molecular weight excluding hydrogens is 204 g/mol. The van der Waals surface area contributed by atoms with E-state index in [1.165, 1.54) is 0 Å². The Hall–Kier alpha value is -0.610. The smallest absolute Gasteiger partial charge is 0.308 e. The van der Waals surface area contributed by atoms with Crippen molar-refractivity contribution >= 4 is 5.97 Å². The summed E-state index contributed by atoms with van der Waals surface area (Å²) in [5.41, 5.74) is 5.57. The van der Waals surface area contributed by atoms with Crippen LogP contribution in [-0.2, 0) is 9.53 Å². The molecule has 0 radical (unpaired) electrons. The Balaban J connectivity index is 2.25. The first-order chi connectivity index (χ1) is 7.67. The summed E-state index contributed by atoms with van der Waals surface area (Å²) in [6, 6.07) is 0.883. The van der Waals surface area contributed by atoms with Crippen LogP contribution < -0.4 is 11.1 Å². The topological polar surface area (TPSA) is 64.3 Å². The number of hydrogen-bond acceptors (Lipinski definition) is 4. The van der Waals surface area contributed by atoms with Gasteiger partial charge in [0.25, 0.3) is 0 Å². The number of ether oxygens (including phenoxy) is 1. The Morgan fingerprint density at radius 2 is 2.06 bits per heavy atom. The number of rotatable bonds is 5. The van der Waals surface area contributed by atoms with Gasteiger partial charge in [0, 0.05) is 18.6 Å². The number of hydrogen-bond donors (Lipinski definition) is 2. The molecule has 4 nitrogen and oxygen atoms in total. The van der Waals surface area contributed by atoms with Crippen LogP contribution >= 0.6 is 0 Å². The fraction of sp³-hybridized carbons (Fsp3) is 0.917. The Kier molecular flexibility index (Phi) is 5.77. The fourth-order valence-corrected chi connectivity index (χ4v) is 2.23. The summed E-state index contributed by atoms with van der Waals surface area (Å²) in [7, 11) is 0. The van der Waals surface area contributed by atoms with Crippen molar-refractivity contribution in [2.75, 3.05) is 13.2 Å². The summed E-state index contributed by atoms with van der Waals surface area (Å²) in [4.78, 5) is 11.5. The average molecular weight is 228 g/mol. The number of nitrogens with one attached hydrogen (secondary N) is 1. The van der Waals surface area contributed by atoms with Gasteiger partial charge in [-0.05, 0) is 39.5 Å². The normalized spacial score (nSPS) is 27.4. The number of carbonyl (C=O) groups is 1. The molecule has 16 heavy (non-hydrogen) atoms. The van der Waals surface area contributed by atoms with Crippen LogP contribution in [-0.4, -0.2) is 31.2 Å². The number of esters is 1. The Labute approximate surface area is 97.9 Å². The summed E-state index contributed by atoms with van der Waals surface area (Å²) in [6.07, 6.45) is 3.98. The van der Waals surface area contributed by atoms with Gasteiger partial charge in [0.15, 0.2) is 0 Å². The van der Waals surface area contributed by atoms with Crippen LogP contribution in [0.15, 0.2) is 0 Å². The minimum atomic E-state index is -0.0205. The summed E-state index contributed by atoms with van der Waals surface area (Å²) >= 11 is 0. The maximum absolute atomic E-state index is 11.5. The molecule has 1 fully saturated rings. The first kappa shape index (κ1) is 13.5. The van der Waals surface area contributed by atoms with E-state index in [4.69, 9.17) is 10.5 Å². The van der Waals surface area contributed by atoms with Crippen molar-refractivity contribution in [1.29, 1.82) is 0 Å². The van der Waals surface area contributed by atoms with Crippen LogP contribution in [0.2, 0.25) is 0 Å². The molecule has 0 aromatic heterocycles. The number of carbonyl (C=O) groups excluding carboxylic acids is 1. The van der Waals surface area contributed by atoms with Crippen LogP contribution in [0, 0.1) is 5.92 Å². The SMILES string of the molecule is CCOC(=O)C1CCC(NC(C)CN)CC1. The lowest BCUT2D eigenvalue weighted by molar-refractivity contribution is -0.149. The molecule has 1 atom stereocenters. The zero-order chi connectivity index (χ0) is 12.0. The van der Waals surface area contributed by atoms with E-state index >= 15 is 0 Å². The third kappa shape index (κ3) is 4.10. The molecule has 0 spiro atoms. The minimum absolute atomic E-state index is 0.0205. The lowest BCUT2D eigenvalue weighted by Crippen LogP contribution is -2.43. The molecule has 0 amide bonds. The average Bonchev–Trinajstić information content (AvgIpc) is 2.30. The van der Waals surface area contributed by atoms with Gasteiger partial charge in [-0.15, -0.1) is 0 Å². The zero-order valence-electron chi connectivity index (χ0n) is 10.4. The van der Waals surface area contributed by atoms with Crippen LogP contribution in [0.5, 0.6) is 0 Å². The van der Waals surface area contributed by atoms with Crippen LogP contribution in [0.4, 0.5) is 0 Å². The predicted octanol–water partition coefficient (Wildman–Crippen LogP) is 1.05. The van der Waals surface area contributed by atoms with Gasteiger partial charge >= 0.3 is 5.97 Å². The third-order valence-corrected chi connectivity index (χ3v) is 3.22. The zero-order valence-corrected chi connectivity index (χ0v) is 10.4. The fourth-order valence-electron chi connectivity index (χ4n) is 2.23. The predicted molar refractivity (Wildman–Crippen MR) is 64.0 cm³/mol. The van der Waals surface area contributed by atoms with Gasteiger partial charge in [0.1, 0.15) is 0 Å². The highest BCUT2D eigenvalue weighted by Gasteiger charge is 2.27. The van der Waals surface area contributed by atoms with Crippen molar-refractivity contribution in [3.8, 4) is 0 Å². The molecule has 4 heteroatoms. The van der Waals surface area contributed by atoms with Crippen LogP contribution in [0.25, 0.3) is 0 Å². The van der Waals surface area contributed by atoms with Crippen molar-refractivity contribution in [3.63, 3.8) is 0 Å². The summed E-state index contributed by atoms with van der Waals surface area (Å²) in [5.74, 6) is 0.0963. The van der Waals surface area contributed by atoms with Crippen LogP contribution in [0.1, 0.15) is 39.5 Å². The molecule has 94 valence electrons. The van der Waals surface area contributed by atoms with E-state index in [0.29, 0.717) is 25.2 Å². The Morgan fingerprint density at radius 3 is 2.56 bits per heavy atom. The highest BCUT2D eigenvalue weighted by Crippen LogP contribution is 2.25. The standard InChI is InChI=1S/C12H24N2O2/c1-3-16-12(15)10-4-6-11(7-5-10)14-9(2)8-13/h9-11,14H,3-8,13H2,1-2H3. The van der Waals surface area contributed by atoms with E-state index in [-0.39, 0.29) is 11.9 Å². The first-order valence-electron chi connectivity index (χ1n) is 6.30. The van der Waals surface area contributed by atoms with E-state index in [2.05, 4.69) is 12.2 Å². The Morgan fingerprint density at radius 1 is 1.44 bits per heavy atom. The largest absolute Gasteiger partial charge is 0.466 e. The quantitative estimate of drug-likeness (QED) is 0.690. The highest BCUT2D eigenvalue weighted by molar-refractivity contribution is 5.72. The van der Waals surface area contributed by atoms with Crippen molar-refractivity contribution in [1.82, 2.24) is 5.32 Å². The first-order valence-corrected chi connectivity index (χ1v) is 6.30. The monoisotopic (exact) mass is 228 g/mol. The molecule has 0 aromatic rings. The summed E-state index contributed by atoms with van der Waals surface area (Å²) in [5, 5.41) is 3.48. The molecule has 0 bridgehead atoms.